The molecule has 3 aromatic rings. The first-order valence-electron chi connectivity index (χ1n) is 17.1. The number of rotatable bonds is 13. The molecule has 0 radical (unpaired) electrons. The summed E-state index contributed by atoms with van der Waals surface area (Å²) >= 11 is 19.2. The third-order valence-electron chi connectivity index (χ3n) is 8.97. The number of aliphatic hydroxyl groups is 1. The van der Waals surface area contributed by atoms with Crippen molar-refractivity contribution in [2.24, 2.45) is 5.92 Å². The average Bonchev–Trinajstić information content (AvgIpc) is 3.91. The van der Waals surface area contributed by atoms with E-state index in [9.17, 15) is 14.7 Å². The van der Waals surface area contributed by atoms with E-state index in [0.29, 0.717) is 45.3 Å². The minimum Gasteiger partial charge on any atom is -0.487 e. The van der Waals surface area contributed by atoms with Crippen LogP contribution in [0.25, 0.3) is 0 Å². The summed E-state index contributed by atoms with van der Waals surface area (Å²) in [5.74, 6) is -0.574. The van der Waals surface area contributed by atoms with Crippen molar-refractivity contribution in [1.29, 1.82) is 0 Å². The molecule has 1 aliphatic heterocycles. The molecule has 10 nitrogen and oxygen atoms in total. The third-order valence-corrected chi connectivity index (χ3v) is 9.90. The van der Waals surface area contributed by atoms with Gasteiger partial charge in [-0.2, -0.15) is 0 Å². The fourth-order valence-corrected chi connectivity index (χ4v) is 7.06. The Bertz CT molecular complexity index is 1670. The number of benzene rings is 2. The normalized spacial score (nSPS) is 19.1. The van der Waals surface area contributed by atoms with Crippen LogP contribution >= 0.6 is 34.8 Å². The van der Waals surface area contributed by atoms with E-state index >= 15 is 0 Å². The lowest BCUT2D eigenvalue weighted by molar-refractivity contribution is -0.155. The molecule has 2 unspecified atom stereocenters. The monoisotopic (exact) mass is 761 g/mol. The number of hydrogen-bond donors (Lipinski definition) is 1. The van der Waals surface area contributed by atoms with Gasteiger partial charge in [-0.3, -0.25) is 4.79 Å². The molecule has 2 aliphatic rings. The molecular weight excluding hydrogens is 717 g/mol. The Morgan fingerprint density at radius 3 is 2.33 bits per heavy atom. The van der Waals surface area contributed by atoms with E-state index < -0.39 is 23.2 Å². The number of ether oxygens (including phenoxy) is 4. The van der Waals surface area contributed by atoms with Gasteiger partial charge >= 0.3 is 6.09 Å². The fourth-order valence-electron chi connectivity index (χ4n) is 6.18. The first kappa shape index (κ1) is 38.9. The zero-order valence-electron chi connectivity index (χ0n) is 29.7. The number of halogens is 3. The highest BCUT2D eigenvalue weighted by molar-refractivity contribution is 6.37. The van der Waals surface area contributed by atoms with E-state index in [4.69, 9.17) is 53.8 Å². The molecule has 2 atom stereocenters. The summed E-state index contributed by atoms with van der Waals surface area (Å²) in [6.07, 6.45) is 3.47. The van der Waals surface area contributed by atoms with Crippen LogP contribution in [0.4, 0.5) is 4.79 Å². The van der Waals surface area contributed by atoms with Crippen LogP contribution in [0.3, 0.4) is 0 Å². The molecule has 0 spiro atoms. The van der Waals surface area contributed by atoms with Gasteiger partial charge in [-0.05, 0) is 94.3 Å². The molecule has 0 bridgehead atoms. The van der Waals surface area contributed by atoms with E-state index in [2.05, 4.69) is 4.98 Å². The Kier molecular flexibility index (Phi) is 12.7. The number of nitrogens with zero attached hydrogens (tertiary/aromatic N) is 3. The summed E-state index contributed by atoms with van der Waals surface area (Å²) in [5.41, 5.74) is 0.883. The van der Waals surface area contributed by atoms with Crippen LogP contribution in [0.15, 0.2) is 48.7 Å². The molecule has 51 heavy (non-hydrogen) atoms. The van der Waals surface area contributed by atoms with Crippen molar-refractivity contribution in [3.8, 4) is 11.6 Å². The molecule has 1 aromatic heterocycles. The number of piperidine rings is 1. The van der Waals surface area contributed by atoms with E-state index in [-0.39, 0.29) is 51.2 Å². The molecule has 1 N–H and O–H groups in total. The molecule has 2 amide bonds. The van der Waals surface area contributed by atoms with Crippen molar-refractivity contribution in [1.82, 2.24) is 14.8 Å². The van der Waals surface area contributed by atoms with Crippen LogP contribution in [0.2, 0.25) is 15.1 Å². The molecule has 2 fully saturated rings. The van der Waals surface area contributed by atoms with Gasteiger partial charge in [0.15, 0.2) is 5.75 Å². The van der Waals surface area contributed by atoms with Crippen LogP contribution < -0.4 is 9.47 Å². The first-order chi connectivity index (χ1) is 24.2. The van der Waals surface area contributed by atoms with Crippen LogP contribution in [-0.4, -0.2) is 83.6 Å². The highest BCUT2D eigenvalue weighted by atomic mass is 35.5. The average molecular weight is 763 g/mol. The van der Waals surface area contributed by atoms with E-state index in [1.54, 1.807) is 57.0 Å². The van der Waals surface area contributed by atoms with Crippen LogP contribution in [0.1, 0.15) is 62.3 Å². The maximum absolute atomic E-state index is 14.7. The Morgan fingerprint density at radius 1 is 1.00 bits per heavy atom. The standard InChI is InChI=1S/C38H46Cl3N3O7/c1-24-18-31(40)34(32(41)19-24)50-17-16-49-33-11-7-27(21-42-33)38(47)13-14-43(36(46)51-37(2,3)4)23-29(38)35(45)44(28-8-9-28)22-26-20-25(12-15-48-5)6-10-30(26)39/h6-7,10-11,18-21,28-29,47H,8-9,12-17,22-23H2,1-5H3. The van der Waals surface area contributed by atoms with E-state index in [1.807, 2.05) is 25.1 Å². The molecule has 2 heterocycles. The summed E-state index contributed by atoms with van der Waals surface area (Å²) in [7, 11) is 1.66. The molecular formula is C38H46Cl3N3O7. The maximum Gasteiger partial charge on any atom is 0.410 e. The number of amides is 2. The number of carbonyl (C=O) groups is 2. The van der Waals surface area contributed by atoms with E-state index in [1.165, 1.54) is 11.1 Å². The van der Waals surface area contributed by atoms with Crippen molar-refractivity contribution in [2.45, 2.75) is 77.2 Å². The molecule has 2 aromatic carbocycles. The highest BCUT2D eigenvalue weighted by Crippen LogP contribution is 2.42. The molecule has 13 heteroatoms. The van der Waals surface area contributed by atoms with Crippen molar-refractivity contribution in [3.63, 3.8) is 0 Å². The van der Waals surface area contributed by atoms with Crippen molar-refractivity contribution in [3.05, 3.63) is 86.0 Å². The van der Waals surface area contributed by atoms with E-state index in [0.717, 1.165) is 29.5 Å². The van der Waals surface area contributed by atoms with Crippen molar-refractivity contribution in [2.75, 3.05) is 40.0 Å². The topological polar surface area (TPSA) is 111 Å². The van der Waals surface area contributed by atoms with Gasteiger partial charge in [-0.1, -0.05) is 46.9 Å². The molecule has 1 aliphatic carbocycles. The fraction of sp³-hybridized carbons (Fsp3) is 0.500. The lowest BCUT2D eigenvalue weighted by Crippen LogP contribution is -2.58. The Labute approximate surface area is 314 Å². The predicted octanol–water partition coefficient (Wildman–Crippen LogP) is 7.63. The van der Waals surface area contributed by atoms with Crippen molar-refractivity contribution >= 4 is 46.8 Å². The second kappa shape index (κ2) is 16.6. The zero-order valence-corrected chi connectivity index (χ0v) is 32.0. The van der Waals surface area contributed by atoms with Crippen LogP contribution in [0, 0.1) is 12.8 Å². The number of carbonyl (C=O) groups excluding carboxylic acids is 2. The Hall–Kier alpha value is -3.28. The Morgan fingerprint density at radius 2 is 1.71 bits per heavy atom. The lowest BCUT2D eigenvalue weighted by Gasteiger charge is -2.45. The number of pyridine rings is 1. The van der Waals surface area contributed by atoms with Gasteiger partial charge in [0.25, 0.3) is 0 Å². The second-order valence-corrected chi connectivity index (χ2v) is 15.4. The number of methoxy groups -OCH3 is 1. The summed E-state index contributed by atoms with van der Waals surface area (Å²) in [4.78, 5) is 35.6. The summed E-state index contributed by atoms with van der Waals surface area (Å²) < 4.78 is 22.5. The predicted molar refractivity (Wildman–Crippen MR) is 197 cm³/mol. The van der Waals surface area contributed by atoms with Gasteiger partial charge in [0.1, 0.15) is 24.4 Å². The SMILES string of the molecule is COCCc1ccc(Cl)c(CN(C(=O)C2CN(C(=O)OC(C)(C)C)CCC2(O)c2ccc(OCCOc3c(Cl)cc(C)cc3Cl)nc2)C2CC2)c1. The number of likely N-dealkylation sites (tertiary alicyclic amines) is 1. The lowest BCUT2D eigenvalue weighted by atomic mass is 9.75. The number of hydrogen-bond acceptors (Lipinski definition) is 8. The van der Waals surface area contributed by atoms with Crippen LogP contribution in [-0.2, 0) is 32.8 Å². The second-order valence-electron chi connectivity index (χ2n) is 14.2. The van der Waals surface area contributed by atoms with Gasteiger partial charge in [0, 0.05) is 55.6 Å². The molecule has 5 rings (SSSR count). The van der Waals surface area contributed by atoms with Gasteiger partial charge in [0.05, 0.1) is 22.6 Å². The quantitative estimate of drug-likeness (QED) is 0.177. The Balaban J connectivity index is 1.35. The largest absolute Gasteiger partial charge is 0.487 e. The number of aromatic nitrogens is 1. The summed E-state index contributed by atoms with van der Waals surface area (Å²) in [6.45, 7) is 8.59. The minimum atomic E-state index is -1.62. The minimum absolute atomic E-state index is 0.00172. The molecule has 1 saturated heterocycles. The van der Waals surface area contributed by atoms with Gasteiger partial charge in [-0.15, -0.1) is 0 Å². The van der Waals surface area contributed by atoms with Crippen LogP contribution in [0.5, 0.6) is 11.6 Å². The van der Waals surface area contributed by atoms with Gasteiger partial charge in [0.2, 0.25) is 11.8 Å². The molecule has 276 valence electrons. The molecule has 1 saturated carbocycles. The smallest absolute Gasteiger partial charge is 0.410 e. The summed E-state index contributed by atoms with van der Waals surface area (Å²) in [6, 6.07) is 12.7. The first-order valence-corrected chi connectivity index (χ1v) is 18.3. The number of aryl methyl sites for hydroxylation is 1. The van der Waals surface area contributed by atoms with Gasteiger partial charge in [-0.25, -0.2) is 9.78 Å². The summed E-state index contributed by atoms with van der Waals surface area (Å²) in [5, 5.41) is 13.8. The third kappa shape index (κ3) is 9.99. The highest BCUT2D eigenvalue weighted by Gasteiger charge is 2.51. The van der Waals surface area contributed by atoms with Crippen molar-refractivity contribution < 1.29 is 33.6 Å². The zero-order chi connectivity index (χ0) is 36.9. The van der Waals surface area contributed by atoms with Gasteiger partial charge < -0.3 is 33.9 Å². The maximum atomic E-state index is 14.7.